The van der Waals surface area contributed by atoms with Gasteiger partial charge in [-0.05, 0) is 63.2 Å². The Morgan fingerprint density at radius 1 is 1.20 bits per heavy atom. The lowest BCUT2D eigenvalue weighted by Gasteiger charge is -2.15. The van der Waals surface area contributed by atoms with E-state index >= 15 is 0 Å². The summed E-state index contributed by atoms with van der Waals surface area (Å²) < 4.78 is 13.0. The van der Waals surface area contributed by atoms with Crippen LogP contribution in [-0.4, -0.2) is 45.5 Å². The number of nitrogens with one attached hydrogen (secondary N) is 1. The zero-order chi connectivity index (χ0) is 21.7. The molecule has 0 atom stereocenters. The smallest absolute Gasteiger partial charge is 0.276 e. The Hall–Kier alpha value is -2.58. The summed E-state index contributed by atoms with van der Waals surface area (Å²) >= 11 is 11.6. The van der Waals surface area contributed by atoms with Crippen LogP contribution in [-0.2, 0) is 17.8 Å². The van der Waals surface area contributed by atoms with Crippen molar-refractivity contribution in [1.29, 1.82) is 0 Å². The molecular weight excluding hydrogens is 424 g/mol. The fourth-order valence-electron chi connectivity index (χ4n) is 3.17. The summed E-state index contributed by atoms with van der Waals surface area (Å²) in [6.07, 6.45) is 3.88. The zero-order valence-electron chi connectivity index (χ0n) is 17.3. The number of aryl methyl sites for hydroxylation is 1. The third kappa shape index (κ3) is 4.76. The van der Waals surface area contributed by atoms with Crippen LogP contribution in [0.1, 0.15) is 32.0 Å². The van der Waals surface area contributed by atoms with Crippen LogP contribution in [0.2, 0.25) is 5.02 Å². The molecule has 1 aromatic heterocycles. The molecular formula is C21H25ClN4O3S. The van der Waals surface area contributed by atoms with E-state index in [9.17, 15) is 4.79 Å². The van der Waals surface area contributed by atoms with Crippen molar-refractivity contribution >= 4 is 40.9 Å². The number of hydrogen-bond acceptors (Lipinski definition) is 5. The quantitative estimate of drug-likeness (QED) is 0.466. The van der Waals surface area contributed by atoms with E-state index in [1.807, 2.05) is 39.0 Å². The highest BCUT2D eigenvalue weighted by molar-refractivity contribution is 7.80. The highest BCUT2D eigenvalue weighted by atomic mass is 35.5. The number of carbonyl (C=O) groups excluding carboxylic acids is 1. The van der Waals surface area contributed by atoms with Crippen LogP contribution >= 0.6 is 23.8 Å². The monoisotopic (exact) mass is 448 g/mol. The van der Waals surface area contributed by atoms with Crippen molar-refractivity contribution in [2.45, 2.75) is 33.7 Å². The molecule has 0 unspecified atom stereocenters. The van der Waals surface area contributed by atoms with E-state index in [0.29, 0.717) is 65.7 Å². The van der Waals surface area contributed by atoms with E-state index in [-0.39, 0.29) is 5.91 Å². The van der Waals surface area contributed by atoms with Crippen LogP contribution in [0.4, 0.5) is 0 Å². The molecule has 0 aliphatic carbocycles. The fraction of sp³-hybridized carbons (Fsp3) is 0.381. The first kappa shape index (κ1) is 22.1. The average Bonchev–Trinajstić information content (AvgIpc) is 3.21. The van der Waals surface area contributed by atoms with Gasteiger partial charge in [-0.1, -0.05) is 17.7 Å². The third-order valence-electron chi connectivity index (χ3n) is 4.61. The van der Waals surface area contributed by atoms with Gasteiger partial charge in [0.05, 0.1) is 30.1 Å². The molecule has 1 aromatic carbocycles. The summed E-state index contributed by atoms with van der Waals surface area (Å²) in [5.41, 5.74) is 2.09. The van der Waals surface area contributed by atoms with Crippen LogP contribution in [0.15, 0.2) is 30.1 Å². The van der Waals surface area contributed by atoms with Crippen LogP contribution in [0.3, 0.4) is 0 Å². The largest absolute Gasteiger partial charge is 0.490 e. The van der Waals surface area contributed by atoms with Gasteiger partial charge in [-0.2, -0.15) is 5.10 Å². The van der Waals surface area contributed by atoms with Crippen molar-refractivity contribution in [3.63, 3.8) is 0 Å². The number of amides is 1. The number of ether oxygens (including phenoxy) is 2. The molecule has 1 fully saturated rings. The van der Waals surface area contributed by atoms with E-state index in [2.05, 4.69) is 10.4 Å². The second-order valence-corrected chi connectivity index (χ2v) is 7.33. The van der Waals surface area contributed by atoms with Crippen LogP contribution in [0, 0.1) is 0 Å². The minimum atomic E-state index is -0.184. The Bertz CT molecular complexity index is 973. The minimum Gasteiger partial charge on any atom is -0.490 e. The summed E-state index contributed by atoms with van der Waals surface area (Å²) in [5.74, 6) is 1.23. The number of nitrogens with zero attached hydrogens (tertiary/aromatic N) is 3. The van der Waals surface area contributed by atoms with Crippen LogP contribution < -0.4 is 14.8 Å². The van der Waals surface area contributed by atoms with Gasteiger partial charge < -0.3 is 14.8 Å². The van der Waals surface area contributed by atoms with Gasteiger partial charge in [0, 0.05) is 13.1 Å². The molecule has 3 rings (SSSR count). The number of thiocarbonyl (C=S) groups is 1. The molecule has 7 nitrogen and oxygen atoms in total. The molecule has 2 heterocycles. The van der Waals surface area contributed by atoms with Crippen LogP contribution in [0.5, 0.6) is 11.5 Å². The Balaban J connectivity index is 1.73. The topological polar surface area (TPSA) is 68.6 Å². The second-order valence-electron chi connectivity index (χ2n) is 6.54. The zero-order valence-corrected chi connectivity index (χ0v) is 18.8. The molecule has 1 N–H and O–H groups in total. The van der Waals surface area contributed by atoms with Crippen molar-refractivity contribution in [3.8, 4) is 11.5 Å². The van der Waals surface area contributed by atoms with Gasteiger partial charge in [-0.15, -0.1) is 0 Å². The number of carbonyl (C=O) groups is 1. The number of rotatable bonds is 9. The standard InChI is InChI=1S/C21H25ClN4O3S/c1-4-26-17(15(22)13-23-26)12-16-20(27)25(21(30)24-16)10-9-14-7-8-18(28-5-2)19(11-14)29-6-3/h7-8,11-13H,4-6,9-10H2,1-3H3,(H,24,30)/b16-12+. The first-order chi connectivity index (χ1) is 14.5. The van der Waals surface area contributed by atoms with Crippen molar-refractivity contribution < 1.29 is 14.3 Å². The lowest BCUT2D eigenvalue weighted by atomic mass is 10.1. The predicted octanol–water partition coefficient (Wildman–Crippen LogP) is 3.65. The van der Waals surface area contributed by atoms with Gasteiger partial charge in [0.1, 0.15) is 5.70 Å². The van der Waals surface area contributed by atoms with Gasteiger partial charge in [0.2, 0.25) is 0 Å². The SMILES string of the molecule is CCOc1ccc(CCN2C(=O)/C(=C\c3c(Cl)cnn3CC)NC2=S)cc1OCC. The molecule has 2 aromatic rings. The highest BCUT2D eigenvalue weighted by Gasteiger charge is 2.30. The predicted molar refractivity (Wildman–Crippen MR) is 121 cm³/mol. The molecule has 0 saturated carbocycles. The maximum Gasteiger partial charge on any atom is 0.276 e. The van der Waals surface area contributed by atoms with Crippen molar-refractivity contribution in [1.82, 2.24) is 20.0 Å². The van der Waals surface area contributed by atoms with Crippen molar-refractivity contribution in [2.75, 3.05) is 19.8 Å². The van der Waals surface area contributed by atoms with Crippen molar-refractivity contribution in [3.05, 3.63) is 46.4 Å². The molecule has 0 radical (unpaired) electrons. The molecule has 160 valence electrons. The first-order valence-electron chi connectivity index (χ1n) is 9.92. The summed E-state index contributed by atoms with van der Waals surface area (Å²) in [6, 6.07) is 5.81. The lowest BCUT2D eigenvalue weighted by molar-refractivity contribution is -0.122. The van der Waals surface area contributed by atoms with E-state index in [0.717, 1.165) is 5.56 Å². The fourth-order valence-corrected chi connectivity index (χ4v) is 3.65. The number of aromatic nitrogens is 2. The molecule has 1 aliphatic heterocycles. The number of hydrogen-bond donors (Lipinski definition) is 1. The summed E-state index contributed by atoms with van der Waals surface area (Å²) in [5, 5.41) is 8.04. The van der Waals surface area contributed by atoms with Gasteiger partial charge in [-0.25, -0.2) is 0 Å². The Morgan fingerprint density at radius 2 is 1.93 bits per heavy atom. The normalized spacial score (nSPS) is 15.1. The van der Waals surface area contributed by atoms with Gasteiger partial charge in [0.25, 0.3) is 5.91 Å². The maximum absolute atomic E-state index is 12.9. The first-order valence-corrected chi connectivity index (χ1v) is 10.7. The minimum absolute atomic E-state index is 0.184. The Morgan fingerprint density at radius 3 is 2.63 bits per heavy atom. The maximum atomic E-state index is 12.9. The van der Waals surface area contributed by atoms with E-state index in [4.69, 9.17) is 33.3 Å². The van der Waals surface area contributed by atoms with Gasteiger partial charge in [-0.3, -0.25) is 14.4 Å². The van der Waals surface area contributed by atoms with E-state index in [1.54, 1.807) is 21.9 Å². The summed E-state index contributed by atoms with van der Waals surface area (Å²) in [4.78, 5) is 14.4. The van der Waals surface area contributed by atoms with Crippen molar-refractivity contribution in [2.24, 2.45) is 0 Å². The van der Waals surface area contributed by atoms with Gasteiger partial charge >= 0.3 is 0 Å². The third-order valence-corrected chi connectivity index (χ3v) is 5.22. The number of benzene rings is 1. The Labute approximate surface area is 186 Å². The highest BCUT2D eigenvalue weighted by Crippen LogP contribution is 2.29. The molecule has 1 amide bonds. The molecule has 30 heavy (non-hydrogen) atoms. The molecule has 9 heteroatoms. The summed E-state index contributed by atoms with van der Waals surface area (Å²) in [6.45, 7) is 8.03. The molecule has 1 saturated heterocycles. The lowest BCUT2D eigenvalue weighted by Crippen LogP contribution is -2.32. The van der Waals surface area contributed by atoms with Crippen LogP contribution in [0.25, 0.3) is 6.08 Å². The Kier molecular flexibility index (Phi) is 7.33. The second kappa shape index (κ2) is 9.95. The molecule has 0 spiro atoms. The van der Waals surface area contributed by atoms with E-state index in [1.165, 1.54) is 0 Å². The van der Waals surface area contributed by atoms with Gasteiger partial charge in [0.15, 0.2) is 16.6 Å². The molecule has 0 bridgehead atoms. The average molecular weight is 449 g/mol. The molecule has 1 aliphatic rings. The summed E-state index contributed by atoms with van der Waals surface area (Å²) in [7, 11) is 0. The number of halogens is 1. The van der Waals surface area contributed by atoms with E-state index < -0.39 is 0 Å².